The Labute approximate surface area is 173 Å². The third-order valence-corrected chi connectivity index (χ3v) is 5.07. The van der Waals surface area contributed by atoms with Crippen molar-refractivity contribution < 1.29 is 18.7 Å². The number of halogens is 2. The van der Waals surface area contributed by atoms with Crippen molar-refractivity contribution in [2.75, 3.05) is 44.8 Å². The quantitative estimate of drug-likeness (QED) is 0.729. The zero-order valence-electron chi connectivity index (χ0n) is 15.8. The Morgan fingerprint density at radius 1 is 1.21 bits per heavy atom. The van der Waals surface area contributed by atoms with E-state index < -0.39 is 5.82 Å². The Balaban J connectivity index is 1.39. The van der Waals surface area contributed by atoms with Crippen LogP contribution in [0.15, 0.2) is 41.4 Å². The van der Waals surface area contributed by atoms with Gasteiger partial charge in [0.2, 0.25) is 0 Å². The van der Waals surface area contributed by atoms with Gasteiger partial charge >= 0.3 is 0 Å². The van der Waals surface area contributed by atoms with Gasteiger partial charge in [0, 0.05) is 36.3 Å². The molecule has 1 saturated heterocycles. The molecule has 8 heteroatoms. The maximum absolute atomic E-state index is 14.4. The van der Waals surface area contributed by atoms with E-state index >= 15 is 0 Å². The summed E-state index contributed by atoms with van der Waals surface area (Å²) in [5.74, 6) is -0.677. The summed E-state index contributed by atoms with van der Waals surface area (Å²) in [6.45, 7) is 4.68. The minimum atomic E-state index is -0.511. The van der Waals surface area contributed by atoms with Gasteiger partial charge < -0.3 is 14.8 Å². The summed E-state index contributed by atoms with van der Waals surface area (Å²) in [5.41, 5.74) is 1.78. The molecule has 0 radical (unpaired) electrons. The molecule has 0 saturated carbocycles. The summed E-state index contributed by atoms with van der Waals surface area (Å²) in [6.07, 6.45) is 0.807. The van der Waals surface area contributed by atoms with E-state index in [2.05, 4.69) is 15.2 Å². The van der Waals surface area contributed by atoms with Gasteiger partial charge in [-0.25, -0.2) is 9.38 Å². The maximum atomic E-state index is 14.4. The number of carbonyl (C=O) groups is 1. The molecule has 0 unspecified atom stereocenters. The summed E-state index contributed by atoms with van der Waals surface area (Å²) in [6, 6.07) is 9.50. The van der Waals surface area contributed by atoms with Crippen molar-refractivity contribution in [3.63, 3.8) is 0 Å². The van der Waals surface area contributed by atoms with E-state index in [1.165, 1.54) is 12.1 Å². The average Bonchev–Trinajstić information content (AvgIpc) is 3.02. The molecule has 1 amide bonds. The highest BCUT2D eigenvalue weighted by Crippen LogP contribution is 2.29. The molecule has 6 nitrogen and oxygen atoms in total. The standard InChI is InChI=1S/C21H21ClFN3O3/c22-14-2-4-18-16(12-14)20(21(27)25-18)24-15-3-5-19(17(23)13-15)29-9-1-6-26-7-10-28-11-8-26/h2-5,12-13H,1,6-11H2,(H,24,25,27). The lowest BCUT2D eigenvalue weighted by Gasteiger charge is -2.26. The number of anilines is 1. The number of ether oxygens (including phenoxy) is 2. The van der Waals surface area contributed by atoms with Crippen LogP contribution in [0.5, 0.6) is 5.75 Å². The molecule has 0 aromatic heterocycles. The van der Waals surface area contributed by atoms with Crippen LogP contribution < -0.4 is 10.1 Å². The number of hydrogen-bond donors (Lipinski definition) is 1. The van der Waals surface area contributed by atoms with Gasteiger partial charge in [-0.2, -0.15) is 0 Å². The van der Waals surface area contributed by atoms with Crippen molar-refractivity contribution in [1.29, 1.82) is 0 Å². The molecular formula is C21H21ClFN3O3. The van der Waals surface area contributed by atoms with Crippen LogP contribution in [0.25, 0.3) is 0 Å². The first kappa shape index (κ1) is 19.8. The summed E-state index contributed by atoms with van der Waals surface area (Å²) in [7, 11) is 0. The fourth-order valence-electron chi connectivity index (χ4n) is 3.34. The number of benzene rings is 2. The lowest BCUT2D eigenvalue weighted by Crippen LogP contribution is -2.37. The third-order valence-electron chi connectivity index (χ3n) is 4.84. The first-order valence-corrected chi connectivity index (χ1v) is 9.90. The minimum absolute atomic E-state index is 0.176. The van der Waals surface area contributed by atoms with Crippen molar-refractivity contribution in [3.05, 3.63) is 52.8 Å². The van der Waals surface area contributed by atoms with Crippen molar-refractivity contribution in [3.8, 4) is 5.75 Å². The van der Waals surface area contributed by atoms with E-state index in [1.807, 2.05) is 0 Å². The number of morpholine rings is 1. The molecule has 2 aromatic rings. The Bertz CT molecular complexity index is 945. The molecule has 29 heavy (non-hydrogen) atoms. The summed E-state index contributed by atoms with van der Waals surface area (Å²) in [4.78, 5) is 18.8. The van der Waals surface area contributed by atoms with Crippen LogP contribution >= 0.6 is 11.6 Å². The van der Waals surface area contributed by atoms with E-state index in [9.17, 15) is 9.18 Å². The molecule has 1 fully saturated rings. The van der Waals surface area contributed by atoms with E-state index in [0.717, 1.165) is 39.3 Å². The predicted octanol–water partition coefficient (Wildman–Crippen LogP) is 3.65. The molecular weight excluding hydrogens is 397 g/mol. The molecule has 0 aliphatic carbocycles. The first-order valence-electron chi connectivity index (χ1n) is 9.52. The van der Waals surface area contributed by atoms with Gasteiger partial charge in [-0.3, -0.25) is 9.69 Å². The topological polar surface area (TPSA) is 63.2 Å². The smallest absolute Gasteiger partial charge is 0.275 e. The fraction of sp³-hybridized carbons (Fsp3) is 0.333. The zero-order valence-corrected chi connectivity index (χ0v) is 16.5. The second kappa shape index (κ2) is 8.90. The van der Waals surface area contributed by atoms with Crippen LogP contribution in [0.1, 0.15) is 12.0 Å². The van der Waals surface area contributed by atoms with Gasteiger partial charge in [0.1, 0.15) is 5.71 Å². The van der Waals surface area contributed by atoms with Crippen molar-refractivity contribution in [2.24, 2.45) is 4.99 Å². The summed E-state index contributed by atoms with van der Waals surface area (Å²) >= 11 is 6.02. The van der Waals surface area contributed by atoms with Gasteiger partial charge in [0.25, 0.3) is 5.91 Å². The SMILES string of the molecule is O=C1Nc2ccc(Cl)cc2C1=Nc1ccc(OCCCN2CCOCC2)c(F)c1. The van der Waals surface area contributed by atoms with Gasteiger partial charge in [-0.1, -0.05) is 11.6 Å². The molecule has 2 heterocycles. The van der Waals surface area contributed by atoms with E-state index in [0.29, 0.717) is 28.6 Å². The lowest BCUT2D eigenvalue weighted by molar-refractivity contribution is -0.110. The number of carbonyl (C=O) groups excluding carboxylic acids is 1. The Morgan fingerprint density at radius 3 is 2.83 bits per heavy atom. The third kappa shape index (κ3) is 4.75. The average molecular weight is 418 g/mol. The number of nitrogens with zero attached hydrogens (tertiary/aromatic N) is 2. The number of rotatable bonds is 6. The molecule has 4 rings (SSSR count). The van der Waals surface area contributed by atoms with E-state index in [-0.39, 0.29) is 17.4 Å². The number of amides is 1. The second-order valence-electron chi connectivity index (χ2n) is 6.88. The predicted molar refractivity (Wildman–Crippen MR) is 110 cm³/mol. The van der Waals surface area contributed by atoms with Crippen LogP contribution in [0.4, 0.5) is 15.8 Å². The lowest BCUT2D eigenvalue weighted by atomic mass is 10.1. The zero-order chi connectivity index (χ0) is 20.2. The summed E-state index contributed by atoms with van der Waals surface area (Å²) in [5, 5.41) is 3.22. The van der Waals surface area contributed by atoms with Gasteiger partial charge in [0.15, 0.2) is 11.6 Å². The Kier molecular flexibility index (Phi) is 6.08. The number of hydrogen-bond acceptors (Lipinski definition) is 5. The molecule has 2 aliphatic heterocycles. The number of nitrogens with one attached hydrogen (secondary N) is 1. The normalized spacial score (nSPS) is 18.0. The Hall–Kier alpha value is -2.48. The van der Waals surface area contributed by atoms with E-state index in [4.69, 9.17) is 21.1 Å². The highest BCUT2D eigenvalue weighted by atomic mass is 35.5. The molecule has 0 atom stereocenters. The van der Waals surface area contributed by atoms with Gasteiger partial charge in [-0.15, -0.1) is 0 Å². The number of fused-ring (bicyclic) bond motifs is 1. The van der Waals surface area contributed by atoms with Crippen LogP contribution in [0, 0.1) is 5.82 Å². The van der Waals surface area contributed by atoms with Crippen molar-refractivity contribution >= 4 is 34.6 Å². The monoisotopic (exact) mass is 417 g/mol. The minimum Gasteiger partial charge on any atom is -0.490 e. The molecule has 0 spiro atoms. The highest BCUT2D eigenvalue weighted by molar-refractivity contribution is 6.54. The largest absolute Gasteiger partial charge is 0.490 e. The van der Waals surface area contributed by atoms with Gasteiger partial charge in [0.05, 0.1) is 31.2 Å². The maximum Gasteiger partial charge on any atom is 0.275 e. The van der Waals surface area contributed by atoms with Crippen LogP contribution in [-0.2, 0) is 9.53 Å². The van der Waals surface area contributed by atoms with Crippen LogP contribution in [0.3, 0.4) is 0 Å². The van der Waals surface area contributed by atoms with Crippen molar-refractivity contribution in [1.82, 2.24) is 4.90 Å². The molecule has 152 valence electrons. The highest BCUT2D eigenvalue weighted by Gasteiger charge is 2.26. The fourth-order valence-corrected chi connectivity index (χ4v) is 3.51. The van der Waals surface area contributed by atoms with Gasteiger partial charge in [-0.05, 0) is 36.8 Å². The molecule has 1 N–H and O–H groups in total. The van der Waals surface area contributed by atoms with Crippen molar-refractivity contribution in [2.45, 2.75) is 6.42 Å². The van der Waals surface area contributed by atoms with Crippen LogP contribution in [0.2, 0.25) is 5.02 Å². The Morgan fingerprint density at radius 2 is 2.03 bits per heavy atom. The molecule has 0 bridgehead atoms. The molecule has 2 aliphatic rings. The summed E-state index contributed by atoms with van der Waals surface area (Å²) < 4.78 is 25.3. The molecule has 2 aromatic carbocycles. The number of aliphatic imine (C=N–C) groups is 1. The van der Waals surface area contributed by atoms with Crippen LogP contribution in [-0.4, -0.2) is 56.0 Å². The second-order valence-corrected chi connectivity index (χ2v) is 7.31. The van der Waals surface area contributed by atoms with E-state index in [1.54, 1.807) is 24.3 Å². The first-order chi connectivity index (χ1) is 14.1.